The number of amides is 1. The van der Waals surface area contributed by atoms with Gasteiger partial charge in [-0.3, -0.25) is 4.79 Å². The molecule has 1 amide bonds. The van der Waals surface area contributed by atoms with Gasteiger partial charge < -0.3 is 15.8 Å². The standard InChI is InChI=1S/C14H13BrN2O2/c1-19-11-5-2-9(3-6-11)14(18)17-10-4-7-13(16)12(15)8-10/h2-8H,16H2,1H3,(H,17,18). The van der Waals surface area contributed by atoms with E-state index in [1.165, 1.54) is 0 Å². The first-order chi connectivity index (χ1) is 9.10. The van der Waals surface area contributed by atoms with E-state index in [9.17, 15) is 4.79 Å². The summed E-state index contributed by atoms with van der Waals surface area (Å²) in [5.41, 5.74) is 7.56. The molecule has 0 saturated heterocycles. The van der Waals surface area contributed by atoms with Crippen LogP contribution in [0.3, 0.4) is 0 Å². The number of ether oxygens (including phenoxy) is 1. The Kier molecular flexibility index (Phi) is 4.06. The van der Waals surface area contributed by atoms with E-state index < -0.39 is 0 Å². The van der Waals surface area contributed by atoms with Crippen LogP contribution in [-0.4, -0.2) is 13.0 Å². The number of hydrogen-bond donors (Lipinski definition) is 2. The molecule has 2 aromatic carbocycles. The van der Waals surface area contributed by atoms with Gasteiger partial charge in [0, 0.05) is 21.4 Å². The zero-order valence-corrected chi connectivity index (χ0v) is 11.9. The second-order valence-corrected chi connectivity index (χ2v) is 4.77. The van der Waals surface area contributed by atoms with E-state index >= 15 is 0 Å². The maximum atomic E-state index is 12.0. The molecule has 0 aliphatic heterocycles. The van der Waals surface area contributed by atoms with Crippen LogP contribution in [0.2, 0.25) is 0 Å². The van der Waals surface area contributed by atoms with Crippen molar-refractivity contribution < 1.29 is 9.53 Å². The molecule has 0 heterocycles. The number of rotatable bonds is 3. The van der Waals surface area contributed by atoms with Crippen LogP contribution >= 0.6 is 15.9 Å². The summed E-state index contributed by atoms with van der Waals surface area (Å²) >= 11 is 3.32. The predicted molar refractivity (Wildman–Crippen MR) is 79.5 cm³/mol. The SMILES string of the molecule is COc1ccc(C(=O)Nc2ccc(N)c(Br)c2)cc1. The molecule has 98 valence electrons. The van der Waals surface area contributed by atoms with Gasteiger partial charge in [0.1, 0.15) is 5.75 Å². The normalized spacial score (nSPS) is 10.0. The highest BCUT2D eigenvalue weighted by Gasteiger charge is 2.07. The van der Waals surface area contributed by atoms with Crippen molar-refractivity contribution in [3.8, 4) is 5.75 Å². The maximum Gasteiger partial charge on any atom is 0.255 e. The minimum Gasteiger partial charge on any atom is -0.497 e. The molecule has 4 nitrogen and oxygen atoms in total. The summed E-state index contributed by atoms with van der Waals surface area (Å²) in [5.74, 6) is 0.533. The highest BCUT2D eigenvalue weighted by Crippen LogP contribution is 2.23. The summed E-state index contributed by atoms with van der Waals surface area (Å²) in [6.07, 6.45) is 0. The molecule has 3 N–H and O–H groups in total. The zero-order valence-electron chi connectivity index (χ0n) is 10.3. The molecular weight excluding hydrogens is 308 g/mol. The van der Waals surface area contributed by atoms with E-state index in [0.29, 0.717) is 22.7 Å². The highest BCUT2D eigenvalue weighted by molar-refractivity contribution is 9.10. The number of nitrogen functional groups attached to an aromatic ring is 1. The van der Waals surface area contributed by atoms with Gasteiger partial charge in [0.15, 0.2) is 0 Å². The molecule has 2 aromatic rings. The van der Waals surface area contributed by atoms with Crippen LogP contribution in [0.15, 0.2) is 46.9 Å². The van der Waals surface area contributed by atoms with E-state index in [4.69, 9.17) is 10.5 Å². The number of nitrogens with two attached hydrogens (primary N) is 1. The Bertz CT molecular complexity index is 597. The fourth-order valence-electron chi connectivity index (χ4n) is 1.55. The molecule has 0 spiro atoms. The molecule has 0 unspecified atom stereocenters. The van der Waals surface area contributed by atoms with Crippen molar-refractivity contribution in [3.63, 3.8) is 0 Å². The highest BCUT2D eigenvalue weighted by atomic mass is 79.9. The topological polar surface area (TPSA) is 64.3 Å². The van der Waals surface area contributed by atoms with Crippen LogP contribution in [0.5, 0.6) is 5.75 Å². The first-order valence-corrected chi connectivity index (χ1v) is 6.40. The minimum atomic E-state index is -0.181. The lowest BCUT2D eigenvalue weighted by atomic mass is 10.2. The van der Waals surface area contributed by atoms with Crippen LogP contribution in [-0.2, 0) is 0 Å². The third-order valence-corrected chi connectivity index (χ3v) is 3.30. The molecule has 0 radical (unpaired) electrons. The molecule has 0 aromatic heterocycles. The number of carbonyl (C=O) groups is 1. The number of anilines is 2. The lowest BCUT2D eigenvalue weighted by Gasteiger charge is -2.07. The van der Waals surface area contributed by atoms with Gasteiger partial charge in [-0.15, -0.1) is 0 Å². The molecule has 0 fully saturated rings. The molecule has 0 saturated carbocycles. The molecule has 5 heteroatoms. The summed E-state index contributed by atoms with van der Waals surface area (Å²) in [5, 5.41) is 2.80. The number of halogens is 1. The maximum absolute atomic E-state index is 12.0. The van der Waals surface area contributed by atoms with Gasteiger partial charge in [-0.1, -0.05) is 0 Å². The first-order valence-electron chi connectivity index (χ1n) is 5.60. The van der Waals surface area contributed by atoms with Crippen molar-refractivity contribution >= 4 is 33.2 Å². The molecular formula is C14H13BrN2O2. The number of methoxy groups -OCH3 is 1. The zero-order chi connectivity index (χ0) is 13.8. The second kappa shape index (κ2) is 5.75. The quantitative estimate of drug-likeness (QED) is 0.853. The minimum absolute atomic E-state index is 0.181. The molecule has 0 aliphatic rings. The van der Waals surface area contributed by atoms with Crippen molar-refractivity contribution in [2.24, 2.45) is 0 Å². The van der Waals surface area contributed by atoms with E-state index in [1.807, 2.05) is 0 Å². The molecule has 0 bridgehead atoms. The number of nitrogens with one attached hydrogen (secondary N) is 1. The Morgan fingerprint density at radius 3 is 2.47 bits per heavy atom. The third kappa shape index (κ3) is 3.26. The predicted octanol–water partition coefficient (Wildman–Crippen LogP) is 3.29. The fourth-order valence-corrected chi connectivity index (χ4v) is 1.93. The summed E-state index contributed by atoms with van der Waals surface area (Å²) in [4.78, 5) is 12.0. The monoisotopic (exact) mass is 320 g/mol. The average Bonchev–Trinajstić information content (AvgIpc) is 2.43. The van der Waals surface area contributed by atoms with Gasteiger partial charge in [-0.25, -0.2) is 0 Å². The van der Waals surface area contributed by atoms with E-state index in [1.54, 1.807) is 49.6 Å². The van der Waals surface area contributed by atoms with E-state index in [0.717, 1.165) is 4.47 Å². The second-order valence-electron chi connectivity index (χ2n) is 3.92. The summed E-state index contributed by atoms with van der Waals surface area (Å²) in [6, 6.07) is 12.1. The van der Waals surface area contributed by atoms with Crippen LogP contribution in [0.1, 0.15) is 10.4 Å². The largest absolute Gasteiger partial charge is 0.497 e. The number of hydrogen-bond acceptors (Lipinski definition) is 3. The van der Waals surface area contributed by atoms with Gasteiger partial charge in [0.05, 0.1) is 7.11 Å². The van der Waals surface area contributed by atoms with Gasteiger partial charge in [-0.05, 0) is 58.4 Å². The average molecular weight is 321 g/mol. The van der Waals surface area contributed by atoms with Crippen molar-refractivity contribution in [2.75, 3.05) is 18.2 Å². The van der Waals surface area contributed by atoms with Crippen LogP contribution in [0.25, 0.3) is 0 Å². The molecule has 2 rings (SSSR count). The van der Waals surface area contributed by atoms with Gasteiger partial charge in [-0.2, -0.15) is 0 Å². The van der Waals surface area contributed by atoms with Crippen LogP contribution in [0, 0.1) is 0 Å². The summed E-state index contributed by atoms with van der Waals surface area (Å²) < 4.78 is 5.79. The summed E-state index contributed by atoms with van der Waals surface area (Å²) in [6.45, 7) is 0. The third-order valence-electron chi connectivity index (χ3n) is 2.61. The summed E-state index contributed by atoms with van der Waals surface area (Å²) in [7, 11) is 1.58. The lowest BCUT2D eigenvalue weighted by Crippen LogP contribution is -2.11. The molecule has 19 heavy (non-hydrogen) atoms. The molecule has 0 aliphatic carbocycles. The Morgan fingerprint density at radius 2 is 1.89 bits per heavy atom. The number of carbonyl (C=O) groups excluding carboxylic acids is 1. The van der Waals surface area contributed by atoms with Crippen LogP contribution < -0.4 is 15.8 Å². The number of benzene rings is 2. The Labute approximate surface area is 119 Å². The smallest absolute Gasteiger partial charge is 0.255 e. The van der Waals surface area contributed by atoms with Crippen molar-refractivity contribution in [3.05, 3.63) is 52.5 Å². The Balaban J connectivity index is 2.13. The van der Waals surface area contributed by atoms with Crippen molar-refractivity contribution in [2.45, 2.75) is 0 Å². The van der Waals surface area contributed by atoms with Crippen molar-refractivity contribution in [1.82, 2.24) is 0 Å². The van der Waals surface area contributed by atoms with Gasteiger partial charge in [0.2, 0.25) is 0 Å². The van der Waals surface area contributed by atoms with E-state index in [2.05, 4.69) is 21.2 Å². The van der Waals surface area contributed by atoms with E-state index in [-0.39, 0.29) is 5.91 Å². The van der Waals surface area contributed by atoms with Gasteiger partial charge in [0.25, 0.3) is 5.91 Å². The first kappa shape index (κ1) is 13.4. The lowest BCUT2D eigenvalue weighted by molar-refractivity contribution is 0.102. The van der Waals surface area contributed by atoms with Crippen LogP contribution in [0.4, 0.5) is 11.4 Å². The Morgan fingerprint density at radius 1 is 1.21 bits per heavy atom. The Hall–Kier alpha value is -2.01. The van der Waals surface area contributed by atoms with Crippen molar-refractivity contribution in [1.29, 1.82) is 0 Å². The fraction of sp³-hybridized carbons (Fsp3) is 0.0714. The molecule has 0 atom stereocenters. The van der Waals surface area contributed by atoms with Gasteiger partial charge >= 0.3 is 0 Å².